The number of methoxy groups -OCH3 is 1. The van der Waals surface area contributed by atoms with E-state index in [1.165, 1.54) is 46.8 Å². The maximum absolute atomic E-state index is 12.5. The van der Waals surface area contributed by atoms with Crippen molar-refractivity contribution in [3.63, 3.8) is 0 Å². The lowest BCUT2D eigenvalue weighted by Gasteiger charge is -2.20. The summed E-state index contributed by atoms with van der Waals surface area (Å²) in [5.74, 6) is 1.41. The van der Waals surface area contributed by atoms with Crippen molar-refractivity contribution < 1.29 is 9.53 Å². The minimum atomic E-state index is -0.115. The van der Waals surface area contributed by atoms with Crippen LogP contribution in [0.1, 0.15) is 43.5 Å². The number of pyridine rings is 1. The first-order chi connectivity index (χ1) is 18.0. The van der Waals surface area contributed by atoms with Gasteiger partial charge in [0.05, 0.1) is 18.4 Å². The van der Waals surface area contributed by atoms with E-state index in [-0.39, 0.29) is 11.7 Å². The summed E-state index contributed by atoms with van der Waals surface area (Å²) in [6.07, 6.45) is 7.39. The standard InChI is InChI=1S/C27H28N6O2S2/c1-15(2)12-20-18-6-4-5-7-19(18)22-23-24(37-26(22)30-20)25-31-32-27(33(25)14-28-23)36-13-21(34)29-16-8-10-17(35-3)11-9-16/h8-11,14-15H,4-7,12-13H2,1-3H3,(H,29,34). The Morgan fingerprint density at radius 2 is 1.95 bits per heavy atom. The lowest BCUT2D eigenvalue weighted by molar-refractivity contribution is -0.113. The zero-order valence-electron chi connectivity index (χ0n) is 21.1. The lowest BCUT2D eigenvalue weighted by atomic mass is 9.87. The Labute approximate surface area is 222 Å². The van der Waals surface area contributed by atoms with Crippen molar-refractivity contribution in [2.45, 2.75) is 51.1 Å². The number of aryl methyl sites for hydroxylation is 1. The minimum absolute atomic E-state index is 0.115. The summed E-state index contributed by atoms with van der Waals surface area (Å²) in [7, 11) is 1.61. The monoisotopic (exact) mass is 532 g/mol. The van der Waals surface area contributed by atoms with Gasteiger partial charge in [-0.15, -0.1) is 21.5 Å². The Morgan fingerprint density at radius 1 is 1.16 bits per heavy atom. The average molecular weight is 533 g/mol. The van der Waals surface area contributed by atoms with Crippen LogP contribution in [0.2, 0.25) is 0 Å². The maximum Gasteiger partial charge on any atom is 0.234 e. The molecule has 0 radical (unpaired) electrons. The van der Waals surface area contributed by atoms with Crippen LogP contribution in [0.25, 0.3) is 26.1 Å². The molecule has 37 heavy (non-hydrogen) atoms. The molecule has 0 unspecified atom stereocenters. The maximum atomic E-state index is 12.5. The Hall–Kier alpha value is -3.24. The number of nitrogens with one attached hydrogen (secondary N) is 1. The summed E-state index contributed by atoms with van der Waals surface area (Å²) >= 11 is 2.99. The molecule has 0 bridgehead atoms. The van der Waals surface area contributed by atoms with Gasteiger partial charge in [0.15, 0.2) is 10.8 Å². The number of fused-ring (bicyclic) bond motifs is 7. The number of nitrogens with zero attached hydrogens (tertiary/aromatic N) is 5. The van der Waals surface area contributed by atoms with Crippen LogP contribution in [0.4, 0.5) is 5.69 Å². The fourth-order valence-electron chi connectivity index (χ4n) is 5.03. The zero-order valence-corrected chi connectivity index (χ0v) is 22.7. The quantitative estimate of drug-likeness (QED) is 0.269. The molecule has 0 spiro atoms. The van der Waals surface area contributed by atoms with Gasteiger partial charge in [-0.3, -0.25) is 9.20 Å². The minimum Gasteiger partial charge on any atom is -0.497 e. The molecule has 1 aliphatic carbocycles. The van der Waals surface area contributed by atoms with E-state index in [0.29, 0.717) is 11.1 Å². The predicted octanol–water partition coefficient (Wildman–Crippen LogP) is 5.70. The second-order valence-electron chi connectivity index (χ2n) is 9.77. The summed E-state index contributed by atoms with van der Waals surface area (Å²) < 4.78 is 8.05. The first kappa shape index (κ1) is 24.1. The third kappa shape index (κ3) is 4.53. The molecule has 1 amide bonds. The first-order valence-corrected chi connectivity index (χ1v) is 14.3. The van der Waals surface area contributed by atoms with Crippen LogP contribution >= 0.6 is 23.1 Å². The lowest BCUT2D eigenvalue weighted by Crippen LogP contribution is -2.14. The third-order valence-corrected chi connectivity index (χ3v) is 8.71. The molecule has 0 aliphatic heterocycles. The van der Waals surface area contributed by atoms with Crippen molar-refractivity contribution in [2.24, 2.45) is 5.92 Å². The van der Waals surface area contributed by atoms with Crippen molar-refractivity contribution in [3.05, 3.63) is 47.4 Å². The molecule has 0 atom stereocenters. The van der Waals surface area contributed by atoms with Crippen molar-refractivity contribution >= 4 is 60.8 Å². The number of anilines is 1. The highest BCUT2D eigenvalue weighted by atomic mass is 32.2. The molecule has 6 rings (SSSR count). The fraction of sp³-hybridized carbons (Fsp3) is 0.370. The number of carbonyl (C=O) groups excluding carboxylic acids is 1. The molecule has 1 N–H and O–H groups in total. The SMILES string of the molecule is COc1ccc(NC(=O)CSc2nnc3c4sc5nc(CC(C)C)c6c(c5c4ncn23)CCCC6)cc1. The molecule has 1 aromatic carbocycles. The molecule has 8 nitrogen and oxygen atoms in total. The van der Waals surface area contributed by atoms with Crippen molar-refractivity contribution in [1.29, 1.82) is 0 Å². The highest BCUT2D eigenvalue weighted by Gasteiger charge is 2.24. The third-order valence-electron chi connectivity index (χ3n) is 6.70. The van der Waals surface area contributed by atoms with E-state index in [4.69, 9.17) is 14.7 Å². The van der Waals surface area contributed by atoms with Crippen LogP contribution in [0.15, 0.2) is 35.7 Å². The van der Waals surface area contributed by atoms with E-state index in [9.17, 15) is 4.79 Å². The molecular weight excluding hydrogens is 504 g/mol. The molecular formula is C27H28N6O2S2. The number of amides is 1. The van der Waals surface area contributed by atoms with E-state index in [2.05, 4.69) is 29.4 Å². The number of ether oxygens (including phenoxy) is 1. The van der Waals surface area contributed by atoms with E-state index in [1.54, 1.807) is 24.8 Å². The number of aromatic nitrogens is 5. The summed E-state index contributed by atoms with van der Waals surface area (Å²) in [5.41, 5.74) is 6.57. The van der Waals surface area contributed by atoms with Gasteiger partial charge in [0.1, 0.15) is 21.6 Å². The van der Waals surface area contributed by atoms with E-state index < -0.39 is 0 Å². The van der Waals surface area contributed by atoms with Gasteiger partial charge < -0.3 is 10.1 Å². The molecule has 0 fully saturated rings. The van der Waals surface area contributed by atoms with Gasteiger partial charge in [-0.05, 0) is 73.4 Å². The van der Waals surface area contributed by atoms with Crippen LogP contribution in [-0.2, 0) is 24.1 Å². The average Bonchev–Trinajstić information content (AvgIpc) is 3.49. The van der Waals surface area contributed by atoms with Crippen molar-refractivity contribution in [2.75, 3.05) is 18.2 Å². The Morgan fingerprint density at radius 3 is 2.70 bits per heavy atom. The van der Waals surface area contributed by atoms with Crippen LogP contribution in [-0.4, -0.2) is 43.3 Å². The van der Waals surface area contributed by atoms with Gasteiger partial charge in [-0.25, -0.2) is 9.97 Å². The highest BCUT2D eigenvalue weighted by Crippen LogP contribution is 2.40. The fourth-order valence-corrected chi connectivity index (χ4v) is 6.89. The normalized spacial score (nSPS) is 13.5. The second kappa shape index (κ2) is 9.90. The molecule has 10 heteroatoms. The number of thioether (sulfide) groups is 1. The number of hydrogen-bond donors (Lipinski definition) is 1. The van der Waals surface area contributed by atoms with Crippen LogP contribution in [0.3, 0.4) is 0 Å². The smallest absolute Gasteiger partial charge is 0.234 e. The number of rotatable bonds is 7. The topological polar surface area (TPSA) is 94.3 Å². The summed E-state index contributed by atoms with van der Waals surface area (Å²) in [5, 5.41) is 13.6. The van der Waals surface area contributed by atoms with Crippen LogP contribution in [0.5, 0.6) is 5.75 Å². The molecule has 4 heterocycles. The van der Waals surface area contributed by atoms with Crippen LogP contribution in [0, 0.1) is 5.92 Å². The molecule has 0 saturated heterocycles. The molecule has 190 valence electrons. The van der Waals surface area contributed by atoms with Gasteiger partial charge in [0.2, 0.25) is 5.91 Å². The summed E-state index contributed by atoms with van der Waals surface area (Å²) in [6.45, 7) is 4.51. The number of thiophene rings is 1. The van der Waals surface area contributed by atoms with Gasteiger partial charge in [0.25, 0.3) is 0 Å². The van der Waals surface area contributed by atoms with Gasteiger partial charge in [-0.2, -0.15) is 0 Å². The predicted molar refractivity (Wildman–Crippen MR) is 149 cm³/mol. The highest BCUT2D eigenvalue weighted by molar-refractivity contribution is 7.99. The number of carbonyl (C=O) groups is 1. The van der Waals surface area contributed by atoms with Crippen molar-refractivity contribution in [1.82, 2.24) is 24.6 Å². The summed E-state index contributed by atoms with van der Waals surface area (Å²) in [4.78, 5) is 23.6. The molecule has 4 aromatic heterocycles. The van der Waals surface area contributed by atoms with Crippen molar-refractivity contribution in [3.8, 4) is 5.75 Å². The Bertz CT molecular complexity index is 1620. The van der Waals surface area contributed by atoms with E-state index in [1.807, 2.05) is 28.7 Å². The van der Waals surface area contributed by atoms with Gasteiger partial charge in [-0.1, -0.05) is 25.6 Å². The number of hydrogen-bond acceptors (Lipinski definition) is 8. The molecule has 1 aliphatic rings. The van der Waals surface area contributed by atoms with E-state index in [0.717, 1.165) is 51.4 Å². The molecule has 5 aromatic rings. The van der Waals surface area contributed by atoms with Gasteiger partial charge >= 0.3 is 0 Å². The zero-order chi connectivity index (χ0) is 25.5. The molecule has 0 saturated carbocycles. The summed E-state index contributed by atoms with van der Waals surface area (Å²) in [6, 6.07) is 7.26. The number of benzene rings is 1. The van der Waals surface area contributed by atoms with Gasteiger partial charge in [0, 0.05) is 16.8 Å². The second-order valence-corrected chi connectivity index (χ2v) is 11.7. The Kier molecular flexibility index (Phi) is 6.46. The Balaban J connectivity index is 1.31. The van der Waals surface area contributed by atoms with E-state index >= 15 is 0 Å². The first-order valence-electron chi connectivity index (χ1n) is 12.5. The van der Waals surface area contributed by atoms with Crippen LogP contribution < -0.4 is 10.1 Å². The largest absolute Gasteiger partial charge is 0.497 e.